The lowest BCUT2D eigenvalue weighted by molar-refractivity contribution is -0.124. The number of hydrogen-bond donors (Lipinski definition) is 1. The number of halogens is 1. The second-order valence-corrected chi connectivity index (χ2v) is 5.82. The lowest BCUT2D eigenvalue weighted by Gasteiger charge is -2.14. The first-order chi connectivity index (χ1) is 9.93. The number of hydrogen-bond acceptors (Lipinski definition) is 3. The van der Waals surface area contributed by atoms with E-state index in [1.165, 1.54) is 0 Å². The molecule has 114 valence electrons. The van der Waals surface area contributed by atoms with Crippen molar-refractivity contribution in [2.24, 2.45) is 0 Å². The summed E-state index contributed by atoms with van der Waals surface area (Å²) < 4.78 is 4.53. The molecule has 21 heavy (non-hydrogen) atoms. The standard InChI is InChI=1S/C14H20BrN5O/c1-5-19-8-12(7-17-19)6-16-14(21)11(4)20-10(3)13(15)9(2)18-20/h7-8,11H,5-6H2,1-4H3,(H,16,21). The van der Waals surface area contributed by atoms with Gasteiger partial charge in [0.2, 0.25) is 5.91 Å². The van der Waals surface area contributed by atoms with Gasteiger partial charge in [0.25, 0.3) is 0 Å². The molecule has 0 aliphatic heterocycles. The van der Waals surface area contributed by atoms with Crippen LogP contribution in [-0.2, 0) is 17.9 Å². The number of nitrogens with zero attached hydrogens (tertiary/aromatic N) is 4. The first-order valence-electron chi connectivity index (χ1n) is 6.94. The van der Waals surface area contributed by atoms with E-state index in [-0.39, 0.29) is 11.9 Å². The number of aromatic nitrogens is 4. The highest BCUT2D eigenvalue weighted by Gasteiger charge is 2.20. The van der Waals surface area contributed by atoms with Gasteiger partial charge in [-0.3, -0.25) is 14.2 Å². The van der Waals surface area contributed by atoms with Crippen LogP contribution in [0.3, 0.4) is 0 Å². The van der Waals surface area contributed by atoms with Gasteiger partial charge in [0.15, 0.2) is 0 Å². The average molecular weight is 354 g/mol. The summed E-state index contributed by atoms with van der Waals surface area (Å²) in [5.74, 6) is -0.0580. The van der Waals surface area contributed by atoms with E-state index in [1.54, 1.807) is 10.9 Å². The van der Waals surface area contributed by atoms with E-state index in [2.05, 4.69) is 31.4 Å². The van der Waals surface area contributed by atoms with Gasteiger partial charge in [-0.1, -0.05) is 0 Å². The Morgan fingerprint density at radius 3 is 2.71 bits per heavy atom. The van der Waals surface area contributed by atoms with Gasteiger partial charge < -0.3 is 5.32 Å². The summed E-state index contributed by atoms with van der Waals surface area (Å²) in [4.78, 5) is 12.3. The molecule has 7 heteroatoms. The summed E-state index contributed by atoms with van der Waals surface area (Å²) in [6, 6.07) is -0.351. The van der Waals surface area contributed by atoms with E-state index >= 15 is 0 Å². The largest absolute Gasteiger partial charge is 0.350 e. The van der Waals surface area contributed by atoms with Crippen molar-refractivity contribution in [1.82, 2.24) is 24.9 Å². The van der Waals surface area contributed by atoms with Crippen molar-refractivity contribution in [1.29, 1.82) is 0 Å². The van der Waals surface area contributed by atoms with E-state index in [9.17, 15) is 4.79 Å². The highest BCUT2D eigenvalue weighted by atomic mass is 79.9. The fraction of sp³-hybridized carbons (Fsp3) is 0.500. The van der Waals surface area contributed by atoms with Gasteiger partial charge in [0.05, 0.1) is 22.1 Å². The topological polar surface area (TPSA) is 64.7 Å². The molecule has 2 aromatic rings. The highest BCUT2D eigenvalue weighted by molar-refractivity contribution is 9.10. The van der Waals surface area contributed by atoms with Crippen molar-refractivity contribution in [3.05, 3.63) is 33.8 Å². The molecule has 1 atom stereocenters. The molecule has 2 heterocycles. The maximum Gasteiger partial charge on any atom is 0.244 e. The molecule has 0 saturated heterocycles. The van der Waals surface area contributed by atoms with Gasteiger partial charge in [0, 0.05) is 24.8 Å². The monoisotopic (exact) mass is 353 g/mol. The Kier molecular flexibility index (Phi) is 4.82. The number of aryl methyl sites for hydroxylation is 2. The van der Waals surface area contributed by atoms with Crippen LogP contribution in [0.5, 0.6) is 0 Å². The van der Waals surface area contributed by atoms with E-state index in [0.717, 1.165) is 28.0 Å². The Bertz CT molecular complexity index is 646. The summed E-state index contributed by atoms with van der Waals surface area (Å²) in [5, 5.41) is 11.5. The van der Waals surface area contributed by atoms with Gasteiger partial charge in [0.1, 0.15) is 6.04 Å². The minimum absolute atomic E-state index is 0.0580. The minimum atomic E-state index is -0.351. The van der Waals surface area contributed by atoms with Gasteiger partial charge in [-0.25, -0.2) is 0 Å². The second-order valence-electron chi connectivity index (χ2n) is 5.03. The zero-order chi connectivity index (χ0) is 15.6. The van der Waals surface area contributed by atoms with Crippen LogP contribution in [0.4, 0.5) is 0 Å². The fourth-order valence-electron chi connectivity index (χ4n) is 2.14. The molecule has 1 amide bonds. The van der Waals surface area contributed by atoms with Crippen molar-refractivity contribution >= 4 is 21.8 Å². The Morgan fingerprint density at radius 2 is 2.19 bits per heavy atom. The highest BCUT2D eigenvalue weighted by Crippen LogP contribution is 2.22. The smallest absolute Gasteiger partial charge is 0.244 e. The minimum Gasteiger partial charge on any atom is -0.350 e. The lowest BCUT2D eigenvalue weighted by Crippen LogP contribution is -2.31. The zero-order valence-electron chi connectivity index (χ0n) is 12.7. The summed E-state index contributed by atoms with van der Waals surface area (Å²) in [6.07, 6.45) is 3.71. The van der Waals surface area contributed by atoms with Gasteiger partial charge >= 0.3 is 0 Å². The third kappa shape index (κ3) is 3.34. The molecule has 1 N–H and O–H groups in total. The normalized spacial score (nSPS) is 12.4. The molecule has 0 spiro atoms. The summed E-state index contributed by atoms with van der Waals surface area (Å²) in [5.41, 5.74) is 2.83. The van der Waals surface area contributed by atoms with Gasteiger partial charge in [-0.05, 0) is 43.6 Å². The summed E-state index contributed by atoms with van der Waals surface area (Å²) >= 11 is 3.48. The molecule has 0 fully saturated rings. The van der Waals surface area contributed by atoms with Gasteiger partial charge in [-0.15, -0.1) is 0 Å². The van der Waals surface area contributed by atoms with Gasteiger partial charge in [-0.2, -0.15) is 10.2 Å². The molecule has 0 saturated carbocycles. The van der Waals surface area contributed by atoms with Crippen LogP contribution in [0.1, 0.15) is 36.8 Å². The maximum absolute atomic E-state index is 12.3. The molecule has 2 rings (SSSR count). The molecule has 0 aliphatic rings. The molecule has 0 aliphatic carbocycles. The Balaban J connectivity index is 2.00. The molecule has 2 aromatic heterocycles. The number of amides is 1. The summed E-state index contributed by atoms with van der Waals surface area (Å²) in [7, 11) is 0. The van der Waals surface area contributed by atoms with Crippen LogP contribution in [0.2, 0.25) is 0 Å². The number of carbonyl (C=O) groups excluding carboxylic acids is 1. The summed E-state index contributed by atoms with van der Waals surface area (Å²) in [6.45, 7) is 9.03. The molecular weight excluding hydrogens is 334 g/mol. The lowest BCUT2D eigenvalue weighted by atomic mass is 10.3. The van der Waals surface area contributed by atoms with Crippen LogP contribution < -0.4 is 5.32 Å². The molecular formula is C14H20BrN5O. The molecule has 0 bridgehead atoms. The molecule has 6 nitrogen and oxygen atoms in total. The Hall–Kier alpha value is -1.63. The van der Waals surface area contributed by atoms with Crippen LogP contribution in [0, 0.1) is 13.8 Å². The van der Waals surface area contributed by atoms with E-state index < -0.39 is 0 Å². The van der Waals surface area contributed by atoms with Crippen molar-refractivity contribution in [2.75, 3.05) is 0 Å². The predicted octanol–water partition coefficient (Wildman–Crippen LogP) is 2.36. The Morgan fingerprint density at radius 1 is 1.48 bits per heavy atom. The maximum atomic E-state index is 12.3. The first-order valence-corrected chi connectivity index (χ1v) is 7.73. The first kappa shape index (κ1) is 15.8. The third-order valence-electron chi connectivity index (χ3n) is 3.46. The van der Waals surface area contributed by atoms with Crippen molar-refractivity contribution in [2.45, 2.75) is 46.8 Å². The molecule has 0 aromatic carbocycles. The van der Waals surface area contributed by atoms with E-state index in [1.807, 2.05) is 38.6 Å². The molecule has 0 radical (unpaired) electrons. The van der Waals surface area contributed by atoms with E-state index in [4.69, 9.17) is 0 Å². The predicted molar refractivity (Wildman–Crippen MR) is 83.9 cm³/mol. The SMILES string of the molecule is CCn1cc(CNC(=O)C(C)n2nc(C)c(Br)c2C)cn1. The number of rotatable bonds is 5. The Labute approximate surface area is 132 Å². The number of carbonyl (C=O) groups is 1. The second kappa shape index (κ2) is 6.43. The van der Waals surface area contributed by atoms with Crippen molar-refractivity contribution in [3.8, 4) is 0 Å². The van der Waals surface area contributed by atoms with Crippen molar-refractivity contribution in [3.63, 3.8) is 0 Å². The van der Waals surface area contributed by atoms with Crippen LogP contribution in [0.15, 0.2) is 16.9 Å². The average Bonchev–Trinajstić information content (AvgIpc) is 3.04. The number of nitrogens with one attached hydrogen (secondary N) is 1. The van der Waals surface area contributed by atoms with Crippen LogP contribution in [0.25, 0.3) is 0 Å². The van der Waals surface area contributed by atoms with Crippen LogP contribution >= 0.6 is 15.9 Å². The van der Waals surface area contributed by atoms with E-state index in [0.29, 0.717) is 6.54 Å². The third-order valence-corrected chi connectivity index (χ3v) is 4.61. The quantitative estimate of drug-likeness (QED) is 0.897. The zero-order valence-corrected chi connectivity index (χ0v) is 14.3. The van der Waals surface area contributed by atoms with Crippen molar-refractivity contribution < 1.29 is 4.79 Å². The van der Waals surface area contributed by atoms with Crippen LogP contribution in [-0.4, -0.2) is 25.5 Å². The fourth-order valence-corrected chi connectivity index (χ4v) is 2.40. The molecule has 1 unspecified atom stereocenters.